The van der Waals surface area contributed by atoms with Crippen LogP contribution in [0.3, 0.4) is 0 Å². The van der Waals surface area contributed by atoms with Gasteiger partial charge < -0.3 is 0 Å². The maximum atomic E-state index is 6.55. The van der Waals surface area contributed by atoms with Crippen molar-refractivity contribution in [3.63, 3.8) is 0 Å². The Hall–Kier alpha value is 1.01. The lowest BCUT2D eigenvalue weighted by Crippen LogP contribution is -2.32. The van der Waals surface area contributed by atoms with Gasteiger partial charge in [-0.15, -0.1) is 0 Å². The molecular weight excluding hydrogens is 223 g/mol. The first-order valence-corrected chi connectivity index (χ1v) is 12.8. The lowest BCUT2D eigenvalue weighted by atomic mass is 10.4. The molecule has 0 unspecified atom stereocenters. The van der Waals surface area contributed by atoms with Gasteiger partial charge in [-0.1, -0.05) is 39.5 Å². The molecule has 0 aromatic heterocycles. The first kappa shape index (κ1) is 13.0. The van der Waals surface area contributed by atoms with E-state index in [0.717, 1.165) is 0 Å². The second-order valence-corrected chi connectivity index (χ2v) is 18.1. The number of halogens is 2. The molecule has 0 N–H and O–H groups in total. The Labute approximate surface area is 89.1 Å². The Morgan fingerprint density at radius 3 is 1.75 bits per heavy atom. The van der Waals surface area contributed by atoms with Crippen molar-refractivity contribution < 1.29 is 0 Å². The van der Waals surface area contributed by atoms with Gasteiger partial charge in [-0.05, 0) is 12.1 Å². The standard InChI is InChI=1S/C8H20Cl2Si2/c1-3-5-7-12(10,11-9)8-6-4-2/h3-8,11H2,1-2H3. The molecule has 12 heavy (non-hydrogen) atoms. The van der Waals surface area contributed by atoms with Gasteiger partial charge in [0.2, 0.25) is 0 Å². The van der Waals surface area contributed by atoms with Crippen LogP contribution >= 0.6 is 22.2 Å². The first-order chi connectivity index (χ1) is 5.68. The fraction of sp³-hybridized carbons (Fsp3) is 1.00. The van der Waals surface area contributed by atoms with E-state index < -0.39 is 15.2 Å². The average Bonchev–Trinajstić information content (AvgIpc) is 2.11. The van der Waals surface area contributed by atoms with E-state index in [1.807, 2.05) is 0 Å². The summed E-state index contributed by atoms with van der Waals surface area (Å²) in [5, 5.41) is 0. The summed E-state index contributed by atoms with van der Waals surface area (Å²) >= 11 is 12.6. The van der Waals surface area contributed by atoms with Crippen LogP contribution in [-0.2, 0) is 0 Å². The van der Waals surface area contributed by atoms with Crippen molar-refractivity contribution in [1.29, 1.82) is 0 Å². The molecule has 0 saturated carbocycles. The summed E-state index contributed by atoms with van der Waals surface area (Å²) in [6, 6.07) is 2.53. The van der Waals surface area contributed by atoms with Gasteiger partial charge in [0.25, 0.3) is 0 Å². The highest BCUT2D eigenvalue weighted by Gasteiger charge is 2.28. The van der Waals surface area contributed by atoms with Crippen LogP contribution < -0.4 is 0 Å². The maximum Gasteiger partial charge on any atom is 0.158 e. The molecule has 0 atom stereocenters. The molecule has 0 rings (SSSR count). The molecule has 0 amide bonds. The fourth-order valence-electron chi connectivity index (χ4n) is 1.25. The molecular formula is C8H20Cl2Si2. The van der Waals surface area contributed by atoms with Crippen LogP contribution in [0.4, 0.5) is 0 Å². The molecule has 0 radical (unpaired) electrons. The summed E-state index contributed by atoms with van der Waals surface area (Å²) in [7, 11) is -0.433. The Bertz CT molecular complexity index is 101. The van der Waals surface area contributed by atoms with E-state index in [4.69, 9.17) is 22.2 Å². The summed E-state index contributed by atoms with van der Waals surface area (Å²) < 4.78 is 0. The maximum absolute atomic E-state index is 6.55. The third-order valence-electron chi connectivity index (χ3n) is 2.20. The number of rotatable bonds is 7. The molecule has 0 fully saturated rings. The zero-order valence-electron chi connectivity index (χ0n) is 8.21. The zero-order valence-corrected chi connectivity index (χ0v) is 12.1. The van der Waals surface area contributed by atoms with E-state index >= 15 is 0 Å². The summed E-state index contributed by atoms with van der Waals surface area (Å²) in [6.45, 7) is 3.06. The van der Waals surface area contributed by atoms with Crippen molar-refractivity contribution in [2.45, 2.75) is 51.6 Å². The smallest absolute Gasteiger partial charge is 0.158 e. The van der Waals surface area contributed by atoms with Crippen molar-refractivity contribution >= 4 is 37.4 Å². The normalized spacial score (nSPS) is 13.0. The van der Waals surface area contributed by atoms with Crippen LogP contribution in [0.5, 0.6) is 0 Å². The lowest BCUT2D eigenvalue weighted by Gasteiger charge is -2.20. The van der Waals surface area contributed by atoms with E-state index in [-0.39, 0.29) is 0 Å². The number of hydrogen-bond donors (Lipinski definition) is 0. The van der Waals surface area contributed by atoms with E-state index in [0.29, 0.717) is 0 Å². The van der Waals surface area contributed by atoms with E-state index in [1.165, 1.54) is 37.8 Å². The summed E-state index contributed by atoms with van der Waals surface area (Å²) in [4.78, 5) is 0. The largest absolute Gasteiger partial charge is 0.178 e. The third-order valence-corrected chi connectivity index (χ3v) is 16.9. The number of unbranched alkanes of at least 4 members (excludes halogenated alkanes) is 2. The topological polar surface area (TPSA) is 0 Å². The SMILES string of the molecule is CCCC[Si](Cl)(CCCC)[SiH2]Cl. The predicted octanol–water partition coefficient (Wildman–Crippen LogP) is 3.59. The highest BCUT2D eigenvalue weighted by atomic mass is 35.6. The minimum Gasteiger partial charge on any atom is -0.178 e. The minimum atomic E-state index is -1.39. The molecule has 0 heterocycles. The van der Waals surface area contributed by atoms with Gasteiger partial charge in [0, 0.05) is 0 Å². The van der Waals surface area contributed by atoms with Gasteiger partial charge >= 0.3 is 0 Å². The molecule has 0 saturated heterocycles. The quantitative estimate of drug-likeness (QED) is 0.473. The van der Waals surface area contributed by atoms with Crippen molar-refractivity contribution in [3.8, 4) is 0 Å². The lowest BCUT2D eigenvalue weighted by molar-refractivity contribution is 0.845. The van der Waals surface area contributed by atoms with E-state index in [2.05, 4.69) is 13.8 Å². The second-order valence-electron chi connectivity index (χ2n) is 3.49. The van der Waals surface area contributed by atoms with E-state index in [1.54, 1.807) is 0 Å². The average molecular weight is 243 g/mol. The van der Waals surface area contributed by atoms with Crippen molar-refractivity contribution in [2.24, 2.45) is 0 Å². The van der Waals surface area contributed by atoms with Crippen LogP contribution in [-0.4, -0.2) is 15.2 Å². The molecule has 0 aliphatic rings. The number of hydrogen-bond acceptors (Lipinski definition) is 0. The third kappa shape index (κ3) is 5.62. The van der Waals surface area contributed by atoms with Crippen LogP contribution in [0.2, 0.25) is 12.1 Å². The van der Waals surface area contributed by atoms with Gasteiger partial charge in [0.15, 0.2) is 6.90 Å². The van der Waals surface area contributed by atoms with Crippen LogP contribution in [0, 0.1) is 0 Å². The molecule has 0 bridgehead atoms. The van der Waals surface area contributed by atoms with E-state index in [9.17, 15) is 0 Å². The highest BCUT2D eigenvalue weighted by molar-refractivity contribution is 7.57. The minimum absolute atomic E-state index is 0.433. The Morgan fingerprint density at radius 1 is 1.08 bits per heavy atom. The van der Waals surface area contributed by atoms with Crippen molar-refractivity contribution in [3.05, 3.63) is 0 Å². The summed E-state index contributed by atoms with van der Waals surface area (Å²) in [6.07, 6.45) is 5.11. The van der Waals surface area contributed by atoms with Gasteiger partial charge in [-0.2, -0.15) is 22.2 Å². The molecule has 0 spiro atoms. The molecule has 0 aromatic carbocycles. The molecule has 4 heteroatoms. The zero-order chi connectivity index (χ0) is 9.45. The Balaban J connectivity index is 3.70. The molecule has 0 aliphatic carbocycles. The van der Waals surface area contributed by atoms with Gasteiger partial charge in [0.05, 0.1) is 0 Å². The molecule has 0 aromatic rings. The van der Waals surface area contributed by atoms with Gasteiger partial charge in [-0.3, -0.25) is 0 Å². The van der Waals surface area contributed by atoms with Crippen LogP contribution in [0.1, 0.15) is 39.5 Å². The molecule has 74 valence electrons. The monoisotopic (exact) mass is 242 g/mol. The second kappa shape index (κ2) is 7.42. The van der Waals surface area contributed by atoms with Gasteiger partial charge in [0.1, 0.15) is 8.35 Å². The fourth-order valence-corrected chi connectivity index (χ4v) is 9.25. The predicted molar refractivity (Wildman–Crippen MR) is 65.4 cm³/mol. The summed E-state index contributed by atoms with van der Waals surface area (Å²) in [5.41, 5.74) is 0. The van der Waals surface area contributed by atoms with Crippen LogP contribution in [0.15, 0.2) is 0 Å². The first-order valence-electron chi connectivity index (χ1n) is 4.93. The van der Waals surface area contributed by atoms with Crippen molar-refractivity contribution in [2.75, 3.05) is 0 Å². The van der Waals surface area contributed by atoms with Crippen molar-refractivity contribution in [1.82, 2.24) is 0 Å². The summed E-state index contributed by atoms with van der Waals surface area (Å²) in [5.74, 6) is 0. The highest BCUT2D eigenvalue weighted by Crippen LogP contribution is 2.25. The van der Waals surface area contributed by atoms with Crippen LogP contribution in [0.25, 0.3) is 0 Å². The Kier molecular flexibility index (Phi) is 8.05. The Morgan fingerprint density at radius 2 is 1.50 bits per heavy atom. The molecule has 0 nitrogen and oxygen atoms in total. The molecule has 0 aliphatic heterocycles. The van der Waals surface area contributed by atoms with Gasteiger partial charge in [-0.25, -0.2) is 0 Å².